The Morgan fingerprint density at radius 2 is 2.27 bits per heavy atom. The molecule has 3 heterocycles. The average molecular weight is 388 g/mol. The average Bonchev–Trinajstić information content (AvgIpc) is 3.30. The molecule has 132 valence electrons. The molecule has 1 amide bonds. The molecular formula is C16H13FN6OS2. The normalized spacial score (nSPS) is 11.2. The molecule has 0 aliphatic carbocycles. The lowest BCUT2D eigenvalue weighted by atomic mass is 10.2. The molecule has 3 aromatic heterocycles. The zero-order valence-electron chi connectivity index (χ0n) is 13.5. The molecule has 0 radical (unpaired) electrons. The summed E-state index contributed by atoms with van der Waals surface area (Å²) in [6.07, 6.45) is 0.502. The summed E-state index contributed by atoms with van der Waals surface area (Å²) < 4.78 is 15.6. The lowest BCUT2D eigenvalue weighted by Gasteiger charge is -1.99. The first kappa shape index (κ1) is 16.6. The first-order valence-electron chi connectivity index (χ1n) is 7.64. The zero-order chi connectivity index (χ0) is 18.3. The van der Waals surface area contributed by atoms with Crippen molar-refractivity contribution in [2.24, 2.45) is 7.05 Å². The van der Waals surface area contributed by atoms with E-state index in [-0.39, 0.29) is 11.7 Å². The van der Waals surface area contributed by atoms with Gasteiger partial charge in [0.2, 0.25) is 0 Å². The van der Waals surface area contributed by atoms with Crippen molar-refractivity contribution in [3.05, 3.63) is 57.4 Å². The molecule has 10 heteroatoms. The van der Waals surface area contributed by atoms with Crippen LogP contribution in [-0.4, -0.2) is 30.6 Å². The molecule has 0 aliphatic heterocycles. The van der Waals surface area contributed by atoms with Crippen LogP contribution in [0.4, 0.5) is 9.52 Å². The van der Waals surface area contributed by atoms with Crippen LogP contribution < -0.4 is 5.32 Å². The Balaban J connectivity index is 1.50. The zero-order valence-corrected chi connectivity index (χ0v) is 15.2. The van der Waals surface area contributed by atoms with Crippen LogP contribution >= 0.6 is 23.6 Å². The van der Waals surface area contributed by atoms with Crippen LogP contribution in [0.3, 0.4) is 0 Å². The summed E-state index contributed by atoms with van der Waals surface area (Å²) in [6.45, 7) is 0. The number of nitrogens with zero attached hydrogens (tertiary/aromatic N) is 3. The van der Waals surface area contributed by atoms with E-state index in [0.29, 0.717) is 32.9 Å². The van der Waals surface area contributed by atoms with Crippen molar-refractivity contribution < 1.29 is 9.18 Å². The quantitative estimate of drug-likeness (QED) is 0.467. The molecule has 0 unspecified atom stereocenters. The fourth-order valence-electron chi connectivity index (χ4n) is 2.54. The number of aromatic nitrogens is 5. The number of thiazole rings is 1. The Bertz CT molecular complexity index is 1170. The number of aromatic amines is 2. The molecule has 0 spiro atoms. The predicted molar refractivity (Wildman–Crippen MR) is 99.5 cm³/mol. The van der Waals surface area contributed by atoms with E-state index in [1.165, 1.54) is 23.5 Å². The van der Waals surface area contributed by atoms with Gasteiger partial charge in [0.25, 0.3) is 5.91 Å². The maximum absolute atomic E-state index is 13.3. The second-order valence-corrected chi connectivity index (χ2v) is 6.94. The van der Waals surface area contributed by atoms with Crippen LogP contribution in [0.25, 0.3) is 10.9 Å². The minimum atomic E-state index is -0.346. The highest BCUT2D eigenvalue weighted by Crippen LogP contribution is 2.20. The van der Waals surface area contributed by atoms with Gasteiger partial charge in [-0.05, 0) is 36.5 Å². The summed E-state index contributed by atoms with van der Waals surface area (Å²) >= 11 is 6.41. The molecule has 7 nitrogen and oxygen atoms in total. The van der Waals surface area contributed by atoms with E-state index in [4.69, 9.17) is 12.2 Å². The molecule has 0 atom stereocenters. The molecule has 0 saturated heterocycles. The maximum Gasteiger partial charge on any atom is 0.273 e. The number of anilines is 1. The smallest absolute Gasteiger partial charge is 0.273 e. The first-order chi connectivity index (χ1) is 12.5. The Hall–Kier alpha value is -2.85. The fraction of sp³-hybridized carbons (Fsp3) is 0.125. The van der Waals surface area contributed by atoms with Crippen LogP contribution in [0.2, 0.25) is 0 Å². The molecule has 0 aliphatic rings. The van der Waals surface area contributed by atoms with E-state index in [0.717, 1.165) is 11.5 Å². The van der Waals surface area contributed by atoms with Crippen LogP contribution in [-0.2, 0) is 13.5 Å². The third-order valence-electron chi connectivity index (χ3n) is 3.91. The van der Waals surface area contributed by atoms with Gasteiger partial charge in [0.15, 0.2) is 9.90 Å². The van der Waals surface area contributed by atoms with Crippen molar-refractivity contribution in [3.8, 4) is 0 Å². The number of rotatable bonds is 4. The maximum atomic E-state index is 13.3. The number of carbonyl (C=O) groups is 1. The van der Waals surface area contributed by atoms with Gasteiger partial charge in [-0.2, -0.15) is 5.10 Å². The lowest BCUT2D eigenvalue weighted by Crippen LogP contribution is -2.12. The van der Waals surface area contributed by atoms with E-state index in [1.54, 1.807) is 16.7 Å². The van der Waals surface area contributed by atoms with Crippen molar-refractivity contribution in [1.82, 2.24) is 24.7 Å². The van der Waals surface area contributed by atoms with Crippen molar-refractivity contribution in [1.29, 1.82) is 0 Å². The Labute approximate surface area is 155 Å². The largest absolute Gasteiger partial charge is 0.351 e. The minimum absolute atomic E-state index is 0.333. The van der Waals surface area contributed by atoms with Gasteiger partial charge in [-0.25, -0.2) is 9.37 Å². The van der Waals surface area contributed by atoms with Crippen LogP contribution in [0.15, 0.2) is 29.6 Å². The number of hydrogen-bond donors (Lipinski definition) is 3. The molecule has 0 saturated carbocycles. The SMILES string of the molecule is Cn1c(Cc2csc(NC(=O)c3cc4cc(F)ccc4[nH]3)n2)n[nH]c1=S. The first-order valence-corrected chi connectivity index (χ1v) is 8.92. The third-order valence-corrected chi connectivity index (χ3v) is 5.08. The number of nitrogens with one attached hydrogen (secondary N) is 3. The van der Waals surface area contributed by atoms with Crippen LogP contribution in [0.5, 0.6) is 0 Å². The Kier molecular flexibility index (Phi) is 4.13. The standard InChI is InChI=1S/C16H13FN6OS2/c1-23-13(21-22-16(23)25)6-10-7-26-15(18-10)20-14(24)12-5-8-4-9(17)2-3-11(8)19-12/h2-5,7,19H,6H2,1H3,(H,22,25)(H,18,20,24). The fourth-order valence-corrected chi connectivity index (χ4v) is 3.39. The van der Waals surface area contributed by atoms with Crippen molar-refractivity contribution >= 4 is 45.5 Å². The number of amides is 1. The second kappa shape index (κ2) is 6.46. The summed E-state index contributed by atoms with van der Waals surface area (Å²) in [5.41, 5.74) is 1.82. The lowest BCUT2D eigenvalue weighted by molar-refractivity contribution is 0.102. The molecular weight excluding hydrogens is 375 g/mol. The summed E-state index contributed by atoms with van der Waals surface area (Å²) in [5, 5.41) is 12.6. The van der Waals surface area contributed by atoms with Crippen molar-refractivity contribution in [2.75, 3.05) is 5.32 Å². The number of fused-ring (bicyclic) bond motifs is 1. The number of H-pyrrole nitrogens is 2. The highest BCUT2D eigenvalue weighted by Gasteiger charge is 2.13. The van der Waals surface area contributed by atoms with Gasteiger partial charge in [-0.3, -0.25) is 15.2 Å². The highest BCUT2D eigenvalue weighted by molar-refractivity contribution is 7.71. The summed E-state index contributed by atoms with van der Waals surface area (Å²) in [4.78, 5) is 19.8. The third kappa shape index (κ3) is 3.16. The Morgan fingerprint density at radius 1 is 1.42 bits per heavy atom. The molecule has 1 aromatic carbocycles. The van der Waals surface area contributed by atoms with Gasteiger partial charge in [0.1, 0.15) is 17.3 Å². The molecule has 0 fully saturated rings. The highest BCUT2D eigenvalue weighted by atomic mass is 32.1. The minimum Gasteiger partial charge on any atom is -0.351 e. The van der Waals surface area contributed by atoms with Crippen molar-refractivity contribution in [3.63, 3.8) is 0 Å². The van der Waals surface area contributed by atoms with Crippen LogP contribution in [0.1, 0.15) is 22.0 Å². The molecule has 26 heavy (non-hydrogen) atoms. The van der Waals surface area contributed by atoms with Gasteiger partial charge in [0.05, 0.1) is 12.1 Å². The van der Waals surface area contributed by atoms with Gasteiger partial charge in [0, 0.05) is 23.3 Å². The van der Waals surface area contributed by atoms with Gasteiger partial charge in [-0.1, -0.05) is 0 Å². The van der Waals surface area contributed by atoms with Crippen molar-refractivity contribution in [2.45, 2.75) is 6.42 Å². The van der Waals surface area contributed by atoms with Gasteiger partial charge < -0.3 is 9.55 Å². The van der Waals surface area contributed by atoms with E-state index >= 15 is 0 Å². The second-order valence-electron chi connectivity index (χ2n) is 5.69. The van der Waals surface area contributed by atoms with Gasteiger partial charge in [-0.15, -0.1) is 11.3 Å². The monoisotopic (exact) mass is 388 g/mol. The summed E-state index contributed by atoms with van der Waals surface area (Å²) in [5.74, 6) is 0.0817. The van der Waals surface area contributed by atoms with E-state index in [9.17, 15) is 9.18 Å². The summed E-state index contributed by atoms with van der Waals surface area (Å²) in [7, 11) is 1.83. The Morgan fingerprint density at radius 3 is 3.04 bits per heavy atom. The molecule has 3 N–H and O–H groups in total. The van der Waals surface area contributed by atoms with Crippen LogP contribution in [0, 0.1) is 10.6 Å². The molecule has 4 aromatic rings. The topological polar surface area (TPSA) is 91.4 Å². The number of halogens is 1. The van der Waals surface area contributed by atoms with Gasteiger partial charge >= 0.3 is 0 Å². The number of carbonyl (C=O) groups excluding carboxylic acids is 1. The molecule has 4 rings (SSSR count). The summed E-state index contributed by atoms with van der Waals surface area (Å²) in [6, 6.07) is 5.93. The number of benzene rings is 1. The van der Waals surface area contributed by atoms with E-state index < -0.39 is 0 Å². The molecule has 0 bridgehead atoms. The predicted octanol–water partition coefficient (Wildman–Crippen LogP) is 3.40. The number of hydrogen-bond acceptors (Lipinski definition) is 5. The van der Waals surface area contributed by atoms with E-state index in [2.05, 4.69) is 25.5 Å². The van der Waals surface area contributed by atoms with E-state index in [1.807, 2.05) is 12.4 Å².